The van der Waals surface area contributed by atoms with Gasteiger partial charge < -0.3 is 15.1 Å². The van der Waals surface area contributed by atoms with Crippen molar-refractivity contribution in [1.29, 1.82) is 0 Å². The summed E-state index contributed by atoms with van der Waals surface area (Å²) in [6.45, 7) is 3.94. The van der Waals surface area contributed by atoms with E-state index >= 15 is 0 Å². The number of nitrogens with one attached hydrogen (secondary N) is 1. The van der Waals surface area contributed by atoms with E-state index in [1.807, 2.05) is 4.90 Å². The van der Waals surface area contributed by atoms with Crippen molar-refractivity contribution in [3.63, 3.8) is 0 Å². The molecule has 1 N–H and O–H groups in total. The molecule has 0 spiro atoms. The molecule has 8 heteroatoms. The first-order valence-corrected chi connectivity index (χ1v) is 10.4. The number of carbonyl (C=O) groups is 2. The Morgan fingerprint density at radius 2 is 1.69 bits per heavy atom. The standard InChI is InChI=1S/C21H23F2N3O2S/c1-15(29-14-20(27)24-17-8-6-16(22)7-9-17)21(28)26-12-10-25(11-13-26)19-5-3-2-4-18(19)23/h2-9,15H,10-14H2,1H3,(H,24,27). The van der Waals surface area contributed by atoms with E-state index in [0.717, 1.165) is 0 Å². The van der Waals surface area contributed by atoms with Crippen LogP contribution in [0.25, 0.3) is 0 Å². The lowest BCUT2D eigenvalue weighted by Crippen LogP contribution is -2.51. The molecule has 2 aromatic rings. The number of hydrogen-bond acceptors (Lipinski definition) is 4. The van der Waals surface area contributed by atoms with Crippen LogP contribution >= 0.6 is 11.8 Å². The lowest BCUT2D eigenvalue weighted by Gasteiger charge is -2.37. The highest BCUT2D eigenvalue weighted by Gasteiger charge is 2.26. The van der Waals surface area contributed by atoms with E-state index in [1.165, 1.54) is 42.1 Å². The van der Waals surface area contributed by atoms with Gasteiger partial charge >= 0.3 is 0 Å². The van der Waals surface area contributed by atoms with Crippen molar-refractivity contribution in [2.75, 3.05) is 42.1 Å². The number of benzene rings is 2. The van der Waals surface area contributed by atoms with Crippen LogP contribution in [0, 0.1) is 11.6 Å². The molecule has 1 heterocycles. The van der Waals surface area contributed by atoms with Crippen LogP contribution in [0.5, 0.6) is 0 Å². The fraction of sp³-hybridized carbons (Fsp3) is 0.333. The van der Waals surface area contributed by atoms with Crippen molar-refractivity contribution in [3.8, 4) is 0 Å². The van der Waals surface area contributed by atoms with Gasteiger partial charge in [0.05, 0.1) is 16.7 Å². The molecule has 29 heavy (non-hydrogen) atoms. The highest BCUT2D eigenvalue weighted by atomic mass is 32.2. The molecule has 0 radical (unpaired) electrons. The van der Waals surface area contributed by atoms with Crippen molar-refractivity contribution in [2.24, 2.45) is 0 Å². The second kappa shape index (κ2) is 9.73. The number of rotatable bonds is 6. The number of piperazine rings is 1. The fourth-order valence-corrected chi connectivity index (χ4v) is 3.90. The van der Waals surface area contributed by atoms with Gasteiger partial charge in [0.1, 0.15) is 11.6 Å². The zero-order chi connectivity index (χ0) is 20.8. The van der Waals surface area contributed by atoms with Crippen molar-refractivity contribution in [1.82, 2.24) is 4.90 Å². The summed E-state index contributed by atoms with van der Waals surface area (Å²) in [6.07, 6.45) is 0. The topological polar surface area (TPSA) is 52.7 Å². The van der Waals surface area contributed by atoms with Gasteiger partial charge in [-0.15, -0.1) is 11.8 Å². The molecule has 1 fully saturated rings. The second-order valence-corrected chi connectivity index (χ2v) is 8.10. The summed E-state index contributed by atoms with van der Waals surface area (Å²) >= 11 is 1.26. The molecule has 1 aliphatic rings. The lowest BCUT2D eigenvalue weighted by atomic mass is 10.2. The van der Waals surface area contributed by atoms with E-state index in [4.69, 9.17) is 0 Å². The summed E-state index contributed by atoms with van der Waals surface area (Å²) in [5.74, 6) is -0.780. The predicted molar refractivity (Wildman–Crippen MR) is 112 cm³/mol. The monoisotopic (exact) mass is 419 g/mol. The second-order valence-electron chi connectivity index (χ2n) is 6.77. The van der Waals surface area contributed by atoms with E-state index in [9.17, 15) is 18.4 Å². The van der Waals surface area contributed by atoms with Gasteiger partial charge in [-0.2, -0.15) is 0 Å². The number of anilines is 2. The molecule has 154 valence electrons. The van der Waals surface area contributed by atoms with Crippen LogP contribution in [0.2, 0.25) is 0 Å². The van der Waals surface area contributed by atoms with Crippen molar-refractivity contribution >= 4 is 35.0 Å². The van der Waals surface area contributed by atoms with Gasteiger partial charge in [0, 0.05) is 31.9 Å². The van der Waals surface area contributed by atoms with Gasteiger partial charge in [-0.3, -0.25) is 9.59 Å². The van der Waals surface area contributed by atoms with Crippen LogP contribution < -0.4 is 10.2 Å². The molecule has 0 aliphatic carbocycles. The summed E-state index contributed by atoms with van der Waals surface area (Å²) in [7, 11) is 0. The maximum atomic E-state index is 13.9. The van der Waals surface area contributed by atoms with Crippen LogP contribution in [-0.4, -0.2) is 53.9 Å². The third-order valence-electron chi connectivity index (χ3n) is 4.72. The number of hydrogen-bond donors (Lipinski definition) is 1. The van der Waals surface area contributed by atoms with Crippen LogP contribution in [0.15, 0.2) is 48.5 Å². The van der Waals surface area contributed by atoms with Crippen molar-refractivity contribution in [3.05, 3.63) is 60.2 Å². The Kier molecular flexibility index (Phi) is 7.09. The van der Waals surface area contributed by atoms with E-state index in [1.54, 1.807) is 30.0 Å². The molecule has 0 saturated carbocycles. The van der Waals surface area contributed by atoms with E-state index in [2.05, 4.69) is 5.32 Å². The number of amides is 2. The highest BCUT2D eigenvalue weighted by Crippen LogP contribution is 2.21. The summed E-state index contributed by atoms with van der Waals surface area (Å²) in [4.78, 5) is 28.4. The highest BCUT2D eigenvalue weighted by molar-refractivity contribution is 8.01. The molecular formula is C21H23F2N3O2S. The van der Waals surface area contributed by atoms with Gasteiger partial charge in [-0.1, -0.05) is 12.1 Å². The summed E-state index contributed by atoms with van der Waals surface area (Å²) < 4.78 is 26.8. The van der Waals surface area contributed by atoms with Crippen LogP contribution in [0.3, 0.4) is 0 Å². The minimum Gasteiger partial charge on any atom is -0.366 e. The Labute approximate surface area is 173 Å². The maximum absolute atomic E-state index is 13.9. The number of para-hydroxylation sites is 1. The predicted octanol–water partition coefficient (Wildman–Crippen LogP) is 3.37. The zero-order valence-corrected chi connectivity index (χ0v) is 16.9. The molecule has 1 aliphatic heterocycles. The Morgan fingerprint density at radius 3 is 2.34 bits per heavy atom. The third kappa shape index (κ3) is 5.69. The quantitative estimate of drug-likeness (QED) is 0.780. The SMILES string of the molecule is CC(SCC(=O)Nc1ccc(F)cc1)C(=O)N1CCN(c2ccccc2F)CC1. The van der Waals surface area contributed by atoms with Crippen LogP contribution in [0.4, 0.5) is 20.2 Å². The normalized spacial score (nSPS) is 15.1. The Balaban J connectivity index is 1.44. The van der Waals surface area contributed by atoms with Gasteiger partial charge in [0.2, 0.25) is 11.8 Å². The molecule has 0 bridgehead atoms. The summed E-state index contributed by atoms with van der Waals surface area (Å²) in [5, 5.41) is 2.31. The number of halogens is 2. The summed E-state index contributed by atoms with van der Waals surface area (Å²) in [6, 6.07) is 12.2. The zero-order valence-electron chi connectivity index (χ0n) is 16.1. The molecule has 3 rings (SSSR count). The number of thioether (sulfide) groups is 1. The molecule has 0 aromatic heterocycles. The average molecular weight is 419 g/mol. The number of carbonyl (C=O) groups excluding carboxylic acids is 2. The van der Waals surface area contributed by atoms with Crippen molar-refractivity contribution in [2.45, 2.75) is 12.2 Å². The first-order chi connectivity index (χ1) is 13.9. The molecule has 5 nitrogen and oxygen atoms in total. The maximum Gasteiger partial charge on any atom is 0.235 e. The Morgan fingerprint density at radius 1 is 1.03 bits per heavy atom. The van der Waals surface area contributed by atoms with Gasteiger partial charge in [0.15, 0.2) is 0 Å². The molecule has 1 saturated heterocycles. The average Bonchev–Trinajstić information content (AvgIpc) is 2.73. The molecule has 2 aromatic carbocycles. The minimum absolute atomic E-state index is 0.0298. The van der Waals surface area contributed by atoms with E-state index in [0.29, 0.717) is 37.6 Å². The van der Waals surface area contributed by atoms with E-state index < -0.39 is 0 Å². The fourth-order valence-electron chi connectivity index (χ4n) is 3.14. The van der Waals surface area contributed by atoms with Crippen LogP contribution in [0.1, 0.15) is 6.92 Å². The van der Waals surface area contributed by atoms with Gasteiger partial charge in [0.25, 0.3) is 0 Å². The van der Waals surface area contributed by atoms with E-state index in [-0.39, 0.29) is 34.5 Å². The lowest BCUT2D eigenvalue weighted by molar-refractivity contribution is -0.130. The Bertz CT molecular complexity index is 855. The Hall–Kier alpha value is -2.61. The molecule has 1 unspecified atom stereocenters. The van der Waals surface area contributed by atoms with Crippen LogP contribution in [-0.2, 0) is 9.59 Å². The molecular weight excluding hydrogens is 396 g/mol. The summed E-state index contributed by atoms with van der Waals surface area (Å²) in [5.41, 5.74) is 1.07. The first kappa shape index (κ1) is 21.1. The minimum atomic E-state index is -0.369. The third-order valence-corrected chi connectivity index (χ3v) is 5.86. The van der Waals surface area contributed by atoms with Gasteiger partial charge in [-0.05, 0) is 43.3 Å². The molecule has 2 amide bonds. The smallest absolute Gasteiger partial charge is 0.235 e. The first-order valence-electron chi connectivity index (χ1n) is 9.39. The molecule has 1 atom stereocenters. The van der Waals surface area contributed by atoms with Gasteiger partial charge in [-0.25, -0.2) is 8.78 Å². The number of nitrogens with zero attached hydrogens (tertiary/aromatic N) is 2. The van der Waals surface area contributed by atoms with Crippen molar-refractivity contribution < 1.29 is 18.4 Å². The largest absolute Gasteiger partial charge is 0.366 e.